The smallest absolute Gasteiger partial charge is 0.301 e. The molecule has 1 saturated heterocycles. The van der Waals surface area contributed by atoms with Gasteiger partial charge in [0.15, 0.2) is 16.6 Å². The van der Waals surface area contributed by atoms with Gasteiger partial charge < -0.3 is 14.6 Å². The third-order valence-electron chi connectivity index (χ3n) is 6.96. The minimum absolute atomic E-state index is 0.0398. The number of aliphatic hydroxyl groups is 1. The molecule has 3 aromatic carbocycles. The van der Waals surface area contributed by atoms with Crippen LogP contribution in [0.2, 0.25) is 0 Å². The molecule has 2 aromatic heterocycles. The highest BCUT2D eigenvalue weighted by atomic mass is 32.1. The number of amides is 1. The van der Waals surface area contributed by atoms with Crippen molar-refractivity contribution in [3.63, 3.8) is 0 Å². The third-order valence-corrected chi connectivity index (χ3v) is 7.97. The number of aromatic nitrogens is 2. The second-order valence-corrected chi connectivity index (χ2v) is 10.8. The SMILES string of the molecule is CCOc1cc(C2C(=C(O)c3ccncc3)C(=O)C(=O)N2c2nc3ccc(C)cc3s2)ccc1OCc1ccccc1. The van der Waals surface area contributed by atoms with Crippen LogP contribution in [0.25, 0.3) is 16.0 Å². The van der Waals surface area contributed by atoms with Crippen molar-refractivity contribution in [1.82, 2.24) is 9.97 Å². The Morgan fingerprint density at radius 1 is 0.952 bits per heavy atom. The lowest BCUT2D eigenvalue weighted by Gasteiger charge is -2.24. The van der Waals surface area contributed by atoms with Crippen molar-refractivity contribution in [2.45, 2.75) is 26.5 Å². The Morgan fingerprint density at radius 3 is 2.50 bits per heavy atom. The van der Waals surface area contributed by atoms with E-state index in [2.05, 4.69) is 4.98 Å². The van der Waals surface area contributed by atoms with Gasteiger partial charge in [-0.25, -0.2) is 4.98 Å². The van der Waals surface area contributed by atoms with Crippen molar-refractivity contribution in [2.24, 2.45) is 0 Å². The Hall–Kier alpha value is -5.02. The van der Waals surface area contributed by atoms with Gasteiger partial charge in [0.1, 0.15) is 12.4 Å². The van der Waals surface area contributed by atoms with Crippen LogP contribution in [-0.4, -0.2) is 33.4 Å². The van der Waals surface area contributed by atoms with Gasteiger partial charge in [0, 0.05) is 18.0 Å². The summed E-state index contributed by atoms with van der Waals surface area (Å²) >= 11 is 1.32. The van der Waals surface area contributed by atoms with Gasteiger partial charge in [0.2, 0.25) is 0 Å². The summed E-state index contributed by atoms with van der Waals surface area (Å²) in [7, 11) is 0. The average Bonchev–Trinajstić information content (AvgIpc) is 3.54. The number of carbonyl (C=O) groups excluding carboxylic acids is 2. The molecule has 1 N–H and O–H groups in total. The summed E-state index contributed by atoms with van der Waals surface area (Å²) in [6, 6.07) is 23.1. The lowest BCUT2D eigenvalue weighted by molar-refractivity contribution is -0.132. The molecule has 0 radical (unpaired) electrons. The standard InChI is InChI=1S/C33H27N3O5S/c1-3-40-26-18-23(10-12-25(26)41-19-21-7-5-4-6-8-21)29-28(30(37)22-13-15-34-16-14-22)31(38)32(39)36(29)33-35-24-11-9-20(2)17-27(24)42-33/h4-18,29,37H,3,19H2,1-2H3. The number of hydrogen-bond donors (Lipinski definition) is 1. The van der Waals surface area contributed by atoms with Crippen molar-refractivity contribution in [3.05, 3.63) is 119 Å². The number of anilines is 1. The van der Waals surface area contributed by atoms with Crippen molar-refractivity contribution in [1.29, 1.82) is 0 Å². The fourth-order valence-electron chi connectivity index (χ4n) is 4.95. The van der Waals surface area contributed by atoms with E-state index in [0.29, 0.717) is 41.0 Å². The van der Waals surface area contributed by atoms with Gasteiger partial charge in [0.05, 0.1) is 28.4 Å². The van der Waals surface area contributed by atoms with Crippen LogP contribution in [0.4, 0.5) is 5.13 Å². The van der Waals surface area contributed by atoms with E-state index < -0.39 is 17.7 Å². The fourth-order valence-corrected chi connectivity index (χ4v) is 6.04. The predicted molar refractivity (Wildman–Crippen MR) is 162 cm³/mol. The number of ether oxygens (including phenoxy) is 2. The minimum Gasteiger partial charge on any atom is -0.507 e. The van der Waals surface area contributed by atoms with Gasteiger partial charge in [-0.2, -0.15) is 0 Å². The van der Waals surface area contributed by atoms with E-state index in [0.717, 1.165) is 21.3 Å². The Morgan fingerprint density at radius 2 is 1.74 bits per heavy atom. The highest BCUT2D eigenvalue weighted by molar-refractivity contribution is 7.22. The molecule has 210 valence electrons. The molecule has 1 amide bonds. The molecular weight excluding hydrogens is 550 g/mol. The van der Waals surface area contributed by atoms with Crippen LogP contribution in [0.15, 0.2) is 96.8 Å². The van der Waals surface area contributed by atoms with E-state index in [1.54, 1.807) is 30.3 Å². The number of benzene rings is 3. The fraction of sp³-hybridized carbons (Fsp3) is 0.152. The van der Waals surface area contributed by atoms with Crippen molar-refractivity contribution in [2.75, 3.05) is 11.5 Å². The number of hydrogen-bond acceptors (Lipinski definition) is 8. The first-order chi connectivity index (χ1) is 20.4. The number of pyridine rings is 1. The van der Waals surface area contributed by atoms with E-state index >= 15 is 0 Å². The molecule has 0 aliphatic carbocycles. The molecule has 0 spiro atoms. The molecule has 6 rings (SSSR count). The first-order valence-corrected chi connectivity index (χ1v) is 14.3. The van der Waals surface area contributed by atoms with Crippen LogP contribution in [0.5, 0.6) is 11.5 Å². The van der Waals surface area contributed by atoms with Crippen LogP contribution in [0.1, 0.15) is 35.2 Å². The molecule has 1 fully saturated rings. The van der Waals surface area contributed by atoms with E-state index in [1.165, 1.54) is 28.6 Å². The summed E-state index contributed by atoms with van der Waals surface area (Å²) in [4.78, 5) is 37.3. The second-order valence-electron chi connectivity index (χ2n) is 9.79. The van der Waals surface area contributed by atoms with Gasteiger partial charge in [-0.05, 0) is 66.9 Å². The van der Waals surface area contributed by atoms with Crippen molar-refractivity contribution < 1.29 is 24.2 Å². The van der Waals surface area contributed by atoms with Crippen LogP contribution in [-0.2, 0) is 16.2 Å². The molecule has 1 aliphatic rings. The number of nitrogens with zero attached hydrogens (tertiary/aromatic N) is 3. The molecular formula is C33H27N3O5S. The largest absolute Gasteiger partial charge is 0.507 e. The lowest BCUT2D eigenvalue weighted by atomic mass is 9.95. The number of ketones is 1. The number of aryl methyl sites for hydroxylation is 1. The topological polar surface area (TPSA) is 102 Å². The highest BCUT2D eigenvalue weighted by Gasteiger charge is 2.48. The molecule has 1 aliphatic heterocycles. The molecule has 1 unspecified atom stereocenters. The summed E-state index contributed by atoms with van der Waals surface area (Å²) in [6.07, 6.45) is 3.03. The van der Waals surface area contributed by atoms with Gasteiger partial charge in [-0.3, -0.25) is 19.5 Å². The molecule has 0 saturated carbocycles. The zero-order valence-electron chi connectivity index (χ0n) is 23.0. The summed E-state index contributed by atoms with van der Waals surface area (Å²) in [5, 5.41) is 11.8. The number of carbonyl (C=O) groups is 2. The molecule has 1 atom stereocenters. The maximum absolute atomic E-state index is 13.6. The molecule has 42 heavy (non-hydrogen) atoms. The van der Waals surface area contributed by atoms with E-state index in [9.17, 15) is 14.7 Å². The maximum atomic E-state index is 13.6. The zero-order chi connectivity index (χ0) is 29.2. The Bertz CT molecular complexity index is 1820. The highest BCUT2D eigenvalue weighted by Crippen LogP contribution is 2.46. The lowest BCUT2D eigenvalue weighted by Crippen LogP contribution is -2.29. The van der Waals surface area contributed by atoms with Crippen molar-refractivity contribution >= 4 is 44.1 Å². The van der Waals surface area contributed by atoms with Crippen molar-refractivity contribution in [3.8, 4) is 11.5 Å². The first kappa shape index (κ1) is 27.2. The number of aliphatic hydroxyl groups excluding tert-OH is 1. The quantitative estimate of drug-likeness (QED) is 0.126. The summed E-state index contributed by atoms with van der Waals surface area (Å²) in [5.41, 5.74) is 3.68. The monoisotopic (exact) mass is 577 g/mol. The molecule has 9 heteroatoms. The number of thiazole rings is 1. The summed E-state index contributed by atoms with van der Waals surface area (Å²) in [5.74, 6) is -0.880. The Kier molecular flexibility index (Phi) is 7.41. The number of rotatable bonds is 8. The van der Waals surface area contributed by atoms with Crippen LogP contribution in [0.3, 0.4) is 0 Å². The number of fused-ring (bicyclic) bond motifs is 1. The van der Waals surface area contributed by atoms with Gasteiger partial charge in [-0.1, -0.05) is 53.8 Å². The van der Waals surface area contributed by atoms with Gasteiger partial charge in [0.25, 0.3) is 5.78 Å². The average molecular weight is 578 g/mol. The van der Waals surface area contributed by atoms with Crippen LogP contribution in [0, 0.1) is 6.92 Å². The molecule has 3 heterocycles. The van der Waals surface area contributed by atoms with Crippen LogP contribution < -0.4 is 14.4 Å². The van der Waals surface area contributed by atoms with Gasteiger partial charge >= 0.3 is 5.91 Å². The molecule has 8 nitrogen and oxygen atoms in total. The van der Waals surface area contributed by atoms with E-state index in [1.807, 2.05) is 62.4 Å². The number of Topliss-reactive ketones (excluding diaryl/α,β-unsaturated/α-hetero) is 1. The predicted octanol–water partition coefficient (Wildman–Crippen LogP) is 6.60. The molecule has 5 aromatic rings. The van der Waals surface area contributed by atoms with Crippen LogP contribution >= 0.6 is 11.3 Å². The Labute approximate surface area is 246 Å². The molecule has 0 bridgehead atoms. The third kappa shape index (κ3) is 5.10. The Balaban J connectivity index is 1.48. The first-order valence-electron chi connectivity index (χ1n) is 13.5. The summed E-state index contributed by atoms with van der Waals surface area (Å²) < 4.78 is 12.9. The zero-order valence-corrected chi connectivity index (χ0v) is 23.8. The second kappa shape index (κ2) is 11.5. The summed E-state index contributed by atoms with van der Waals surface area (Å²) in [6.45, 7) is 4.56. The maximum Gasteiger partial charge on any atom is 0.301 e. The van der Waals surface area contributed by atoms with Gasteiger partial charge in [-0.15, -0.1) is 0 Å². The minimum atomic E-state index is -0.956. The van der Waals surface area contributed by atoms with E-state index in [4.69, 9.17) is 14.5 Å². The van der Waals surface area contributed by atoms with E-state index in [-0.39, 0.29) is 11.3 Å². The normalized spacial score (nSPS) is 16.2.